The fraction of sp³-hybridized carbons (Fsp3) is 0.833. The lowest BCUT2D eigenvalue weighted by atomic mass is 10.2. The normalized spacial score (nSPS) is 28.0. The molecule has 0 spiro atoms. The Kier molecular flexibility index (Phi) is 1.92. The Morgan fingerprint density at radius 3 is 2.27 bits per heavy atom. The summed E-state index contributed by atoms with van der Waals surface area (Å²) in [6, 6.07) is -1.56. The number of carbonyl (C=O) groups excluding carboxylic acids is 1. The highest BCUT2D eigenvalue weighted by molar-refractivity contribution is 5.83. The zero-order chi connectivity index (χ0) is 8.65. The van der Waals surface area contributed by atoms with Crippen molar-refractivity contribution in [2.45, 2.75) is 18.6 Å². The molecule has 0 aromatic carbocycles. The average molecular weight is 167 g/mol. The van der Waals surface area contributed by atoms with Gasteiger partial charge >= 0.3 is 6.18 Å². The minimum atomic E-state index is -4.26. The van der Waals surface area contributed by atoms with Crippen LogP contribution in [0.4, 0.5) is 13.2 Å². The third kappa shape index (κ3) is 1.71. The molecule has 0 amide bonds. The lowest BCUT2D eigenvalue weighted by Gasteiger charge is -2.20. The van der Waals surface area contributed by atoms with E-state index in [4.69, 9.17) is 0 Å². The van der Waals surface area contributed by atoms with E-state index >= 15 is 0 Å². The van der Waals surface area contributed by atoms with E-state index in [9.17, 15) is 18.0 Å². The van der Waals surface area contributed by atoms with Gasteiger partial charge in [-0.15, -0.1) is 0 Å². The Labute approximate surface area is 62.0 Å². The van der Waals surface area contributed by atoms with Gasteiger partial charge in [0.1, 0.15) is 11.8 Å². The number of carbonyl (C=O) groups is 1. The number of likely N-dealkylation sites (N-methyl/N-ethyl adjacent to an activating group) is 1. The van der Waals surface area contributed by atoms with E-state index in [2.05, 4.69) is 0 Å². The first-order valence-corrected chi connectivity index (χ1v) is 3.20. The van der Waals surface area contributed by atoms with Gasteiger partial charge in [-0.1, -0.05) is 0 Å². The second-order valence-electron chi connectivity index (χ2n) is 2.72. The van der Waals surface area contributed by atoms with Crippen LogP contribution in [0.25, 0.3) is 0 Å². The van der Waals surface area contributed by atoms with Crippen LogP contribution in [0.1, 0.15) is 6.42 Å². The molecule has 1 saturated heterocycles. The Bertz CT molecular complexity index is 177. The third-order valence-corrected chi connectivity index (χ3v) is 1.76. The van der Waals surface area contributed by atoms with Crippen molar-refractivity contribution in [2.24, 2.45) is 0 Å². The molecule has 0 radical (unpaired) electrons. The van der Waals surface area contributed by atoms with Gasteiger partial charge in [-0.3, -0.25) is 9.69 Å². The van der Waals surface area contributed by atoms with Crippen molar-refractivity contribution in [3.05, 3.63) is 0 Å². The SMILES string of the molecule is CN1CC(=O)CC1C(F)(F)F. The van der Waals surface area contributed by atoms with Crippen LogP contribution in [-0.4, -0.2) is 36.5 Å². The maximum absolute atomic E-state index is 12.0. The number of alkyl halides is 3. The zero-order valence-corrected chi connectivity index (χ0v) is 5.98. The van der Waals surface area contributed by atoms with Crippen LogP contribution in [0.2, 0.25) is 0 Å². The van der Waals surface area contributed by atoms with Gasteiger partial charge in [0.2, 0.25) is 0 Å². The molecule has 0 N–H and O–H groups in total. The van der Waals surface area contributed by atoms with Gasteiger partial charge in [-0.25, -0.2) is 0 Å². The highest BCUT2D eigenvalue weighted by atomic mass is 19.4. The van der Waals surface area contributed by atoms with E-state index in [1.807, 2.05) is 0 Å². The molecular weight excluding hydrogens is 159 g/mol. The van der Waals surface area contributed by atoms with Crippen LogP contribution >= 0.6 is 0 Å². The number of hydrogen-bond donors (Lipinski definition) is 0. The van der Waals surface area contributed by atoms with Crippen LogP contribution in [-0.2, 0) is 4.79 Å². The Morgan fingerprint density at radius 2 is 2.09 bits per heavy atom. The summed E-state index contributed by atoms with van der Waals surface area (Å²) in [5.41, 5.74) is 0. The van der Waals surface area contributed by atoms with Gasteiger partial charge in [0.25, 0.3) is 0 Å². The Balaban J connectivity index is 2.67. The summed E-state index contributed by atoms with van der Waals surface area (Å²) in [4.78, 5) is 11.6. The van der Waals surface area contributed by atoms with Crippen LogP contribution in [0.15, 0.2) is 0 Å². The van der Waals surface area contributed by atoms with E-state index in [1.54, 1.807) is 0 Å². The smallest absolute Gasteiger partial charge is 0.298 e. The average Bonchev–Trinajstić information content (AvgIpc) is 2.08. The second kappa shape index (κ2) is 2.48. The summed E-state index contributed by atoms with van der Waals surface area (Å²) in [6.07, 6.45) is -4.65. The molecule has 1 fully saturated rings. The highest BCUT2D eigenvalue weighted by Gasteiger charge is 2.47. The molecule has 1 heterocycles. The van der Waals surface area contributed by atoms with E-state index in [0.29, 0.717) is 0 Å². The monoisotopic (exact) mass is 167 g/mol. The van der Waals surface area contributed by atoms with Crippen molar-refractivity contribution >= 4 is 5.78 Å². The molecule has 1 aliphatic heterocycles. The van der Waals surface area contributed by atoms with Crippen molar-refractivity contribution in [3.8, 4) is 0 Å². The minimum Gasteiger partial charge on any atom is -0.298 e. The summed E-state index contributed by atoms with van der Waals surface area (Å²) in [7, 11) is 1.31. The molecule has 11 heavy (non-hydrogen) atoms. The summed E-state index contributed by atoms with van der Waals surface area (Å²) in [6.45, 7) is -0.0792. The van der Waals surface area contributed by atoms with Crippen molar-refractivity contribution in [1.82, 2.24) is 4.90 Å². The maximum atomic E-state index is 12.0. The highest BCUT2D eigenvalue weighted by Crippen LogP contribution is 2.29. The quantitative estimate of drug-likeness (QED) is 0.532. The predicted octanol–water partition coefficient (Wildman–Crippen LogP) is 0.822. The van der Waals surface area contributed by atoms with Gasteiger partial charge in [0.15, 0.2) is 0 Å². The topological polar surface area (TPSA) is 20.3 Å². The molecule has 0 saturated carbocycles. The Hall–Kier alpha value is -0.580. The summed E-state index contributed by atoms with van der Waals surface area (Å²) < 4.78 is 36.0. The van der Waals surface area contributed by atoms with E-state index in [1.165, 1.54) is 7.05 Å². The van der Waals surface area contributed by atoms with Gasteiger partial charge in [0, 0.05) is 6.42 Å². The molecule has 0 aromatic rings. The fourth-order valence-corrected chi connectivity index (χ4v) is 1.19. The number of nitrogens with zero attached hydrogens (tertiary/aromatic N) is 1. The maximum Gasteiger partial charge on any atom is 0.404 e. The first-order chi connectivity index (χ1) is 4.91. The molecule has 1 atom stereocenters. The van der Waals surface area contributed by atoms with Crippen LogP contribution in [0.3, 0.4) is 0 Å². The third-order valence-electron chi connectivity index (χ3n) is 1.76. The Morgan fingerprint density at radius 1 is 1.55 bits per heavy atom. The van der Waals surface area contributed by atoms with Gasteiger partial charge in [-0.2, -0.15) is 13.2 Å². The van der Waals surface area contributed by atoms with Gasteiger partial charge < -0.3 is 0 Å². The minimum absolute atomic E-state index is 0.0792. The van der Waals surface area contributed by atoms with Crippen molar-refractivity contribution in [3.63, 3.8) is 0 Å². The van der Waals surface area contributed by atoms with E-state index in [-0.39, 0.29) is 18.7 Å². The lowest BCUT2D eigenvalue weighted by Crippen LogP contribution is -2.38. The molecule has 1 unspecified atom stereocenters. The van der Waals surface area contributed by atoms with Crippen molar-refractivity contribution in [1.29, 1.82) is 0 Å². The van der Waals surface area contributed by atoms with E-state index < -0.39 is 12.2 Å². The predicted molar refractivity (Wildman–Crippen MR) is 32.1 cm³/mol. The summed E-state index contributed by atoms with van der Waals surface area (Å²) >= 11 is 0. The molecule has 1 rings (SSSR count). The fourth-order valence-electron chi connectivity index (χ4n) is 1.19. The molecule has 5 heteroatoms. The lowest BCUT2D eigenvalue weighted by molar-refractivity contribution is -0.172. The zero-order valence-electron chi connectivity index (χ0n) is 5.98. The second-order valence-corrected chi connectivity index (χ2v) is 2.72. The molecule has 2 nitrogen and oxygen atoms in total. The standard InChI is InChI=1S/C6H8F3NO/c1-10-3-4(11)2-5(10)6(7,8)9/h5H,2-3H2,1H3. The molecular formula is C6H8F3NO. The number of hydrogen-bond acceptors (Lipinski definition) is 2. The summed E-state index contributed by atoms with van der Waals surface area (Å²) in [5, 5.41) is 0. The number of ketones is 1. The van der Waals surface area contributed by atoms with E-state index in [0.717, 1.165) is 4.90 Å². The van der Waals surface area contributed by atoms with Crippen molar-refractivity contribution in [2.75, 3.05) is 13.6 Å². The summed E-state index contributed by atoms with van der Waals surface area (Å²) in [5.74, 6) is -0.338. The number of likely N-dealkylation sites (tertiary alicyclic amines) is 1. The molecule has 0 bridgehead atoms. The van der Waals surface area contributed by atoms with Crippen LogP contribution in [0.5, 0.6) is 0 Å². The van der Waals surface area contributed by atoms with Gasteiger partial charge in [0.05, 0.1) is 6.54 Å². The first-order valence-electron chi connectivity index (χ1n) is 3.20. The number of halogens is 3. The first kappa shape index (κ1) is 8.52. The largest absolute Gasteiger partial charge is 0.404 e. The number of Topliss-reactive ketones (excluding diaryl/α,β-unsaturated/α-hetero) is 1. The van der Waals surface area contributed by atoms with Crippen LogP contribution in [0, 0.1) is 0 Å². The molecule has 0 aromatic heterocycles. The molecule has 0 aliphatic carbocycles. The molecule has 1 aliphatic rings. The van der Waals surface area contributed by atoms with Gasteiger partial charge in [-0.05, 0) is 7.05 Å². The molecule has 64 valence electrons. The number of rotatable bonds is 0. The van der Waals surface area contributed by atoms with Crippen molar-refractivity contribution < 1.29 is 18.0 Å². The van der Waals surface area contributed by atoms with Crippen LogP contribution < -0.4 is 0 Å².